The van der Waals surface area contributed by atoms with E-state index in [9.17, 15) is 18.4 Å². The summed E-state index contributed by atoms with van der Waals surface area (Å²) in [5.74, 6) is -3.59. The van der Waals surface area contributed by atoms with Gasteiger partial charge in [0.25, 0.3) is 0 Å². The summed E-state index contributed by atoms with van der Waals surface area (Å²) in [7, 11) is 0. The maximum absolute atomic E-state index is 13.4. The second-order valence-corrected chi connectivity index (χ2v) is 3.85. The first-order valence-electron chi connectivity index (χ1n) is 4.66. The fraction of sp³-hybridized carbons (Fsp3) is 0.273. The Morgan fingerprint density at radius 2 is 2.19 bits per heavy atom. The molecule has 16 heavy (non-hydrogen) atoms. The van der Waals surface area contributed by atoms with Crippen molar-refractivity contribution in [3.63, 3.8) is 0 Å². The van der Waals surface area contributed by atoms with Crippen LogP contribution < -0.4 is 0 Å². The lowest BCUT2D eigenvalue weighted by Gasteiger charge is -2.12. The van der Waals surface area contributed by atoms with Crippen molar-refractivity contribution in [2.45, 2.75) is 11.8 Å². The van der Waals surface area contributed by atoms with Gasteiger partial charge in [-0.15, -0.1) is 0 Å². The lowest BCUT2D eigenvalue weighted by Crippen LogP contribution is -2.24. The van der Waals surface area contributed by atoms with Crippen molar-refractivity contribution in [2.24, 2.45) is 5.92 Å². The van der Waals surface area contributed by atoms with E-state index in [4.69, 9.17) is 5.11 Å². The number of hydrogen-bond donors (Lipinski definition) is 1. The molecule has 1 aliphatic rings. The van der Waals surface area contributed by atoms with E-state index < -0.39 is 28.9 Å². The lowest BCUT2D eigenvalue weighted by atomic mass is 9.93. The highest BCUT2D eigenvalue weighted by molar-refractivity contribution is 5.91. The number of aldehydes is 1. The third kappa shape index (κ3) is 1.31. The van der Waals surface area contributed by atoms with Crippen LogP contribution in [-0.2, 0) is 15.0 Å². The van der Waals surface area contributed by atoms with Crippen LogP contribution in [0.25, 0.3) is 0 Å². The molecular formula is C11H8F2O3. The molecule has 0 saturated heterocycles. The Hall–Kier alpha value is -1.78. The van der Waals surface area contributed by atoms with Crippen LogP contribution in [0.3, 0.4) is 0 Å². The maximum atomic E-state index is 13.4. The number of carboxylic acid groups (broad SMARTS) is 1. The summed E-state index contributed by atoms with van der Waals surface area (Å²) in [6.07, 6.45) is 0.491. The largest absolute Gasteiger partial charge is 0.481 e. The van der Waals surface area contributed by atoms with Crippen molar-refractivity contribution in [1.29, 1.82) is 0 Å². The van der Waals surface area contributed by atoms with Gasteiger partial charge in [-0.1, -0.05) is 0 Å². The van der Waals surface area contributed by atoms with Gasteiger partial charge in [-0.3, -0.25) is 4.79 Å². The van der Waals surface area contributed by atoms with Gasteiger partial charge in [0.15, 0.2) is 0 Å². The minimum absolute atomic E-state index is 0.0200. The summed E-state index contributed by atoms with van der Waals surface area (Å²) in [5.41, 5.74) is -1.83. The van der Waals surface area contributed by atoms with Crippen LogP contribution in [0.5, 0.6) is 0 Å². The van der Waals surface area contributed by atoms with Crippen molar-refractivity contribution >= 4 is 12.3 Å². The second kappa shape index (κ2) is 3.37. The summed E-state index contributed by atoms with van der Waals surface area (Å²) >= 11 is 0. The molecule has 0 aromatic heterocycles. The number of benzene rings is 1. The smallest absolute Gasteiger partial charge is 0.314 e. The molecule has 5 heteroatoms. The van der Waals surface area contributed by atoms with Gasteiger partial charge in [-0.05, 0) is 24.6 Å². The van der Waals surface area contributed by atoms with E-state index in [1.165, 1.54) is 0 Å². The molecule has 1 saturated carbocycles. The topological polar surface area (TPSA) is 54.4 Å². The van der Waals surface area contributed by atoms with Crippen LogP contribution in [0.2, 0.25) is 0 Å². The number of hydrogen-bond acceptors (Lipinski definition) is 2. The molecule has 0 radical (unpaired) electrons. The predicted molar refractivity (Wildman–Crippen MR) is 49.8 cm³/mol. The van der Waals surface area contributed by atoms with E-state index in [2.05, 4.69) is 0 Å². The highest BCUT2D eigenvalue weighted by Crippen LogP contribution is 2.54. The highest BCUT2D eigenvalue weighted by Gasteiger charge is 2.63. The van der Waals surface area contributed by atoms with Crippen LogP contribution in [0.15, 0.2) is 18.2 Å². The number of halogens is 2. The highest BCUT2D eigenvalue weighted by atomic mass is 19.1. The summed E-state index contributed by atoms with van der Waals surface area (Å²) < 4.78 is 26.4. The molecule has 1 aromatic rings. The van der Waals surface area contributed by atoms with E-state index in [0.29, 0.717) is 6.29 Å². The SMILES string of the molecule is O=CC1C[C@@]1(C(=O)O)c1cc(F)ccc1F. The van der Waals surface area contributed by atoms with Crippen LogP contribution in [0.4, 0.5) is 8.78 Å². The monoisotopic (exact) mass is 226 g/mol. The van der Waals surface area contributed by atoms with Crippen molar-refractivity contribution in [2.75, 3.05) is 0 Å². The molecule has 1 unspecified atom stereocenters. The summed E-state index contributed by atoms with van der Waals surface area (Å²) in [6.45, 7) is 0. The summed E-state index contributed by atoms with van der Waals surface area (Å²) in [6, 6.07) is 2.62. The van der Waals surface area contributed by atoms with Gasteiger partial charge in [0.2, 0.25) is 0 Å². The standard InChI is InChI=1S/C11H8F2O3/c12-7-1-2-9(13)8(3-7)11(10(15)16)4-6(11)5-14/h1-3,5-6H,4H2,(H,15,16)/t6?,11-/m0/s1. The Morgan fingerprint density at radius 1 is 1.50 bits per heavy atom. The van der Waals surface area contributed by atoms with Crippen LogP contribution in [-0.4, -0.2) is 17.4 Å². The van der Waals surface area contributed by atoms with Crippen molar-refractivity contribution in [3.05, 3.63) is 35.4 Å². The Labute approximate surface area is 89.7 Å². The van der Waals surface area contributed by atoms with Crippen molar-refractivity contribution < 1.29 is 23.5 Å². The molecule has 2 rings (SSSR count). The molecule has 3 nitrogen and oxygen atoms in total. The normalized spacial score (nSPS) is 27.5. The van der Waals surface area contributed by atoms with Gasteiger partial charge in [-0.2, -0.15) is 0 Å². The van der Waals surface area contributed by atoms with Gasteiger partial charge in [0.05, 0.1) is 0 Å². The van der Waals surface area contributed by atoms with Gasteiger partial charge in [-0.25, -0.2) is 8.78 Å². The fourth-order valence-electron chi connectivity index (χ4n) is 1.96. The van der Waals surface area contributed by atoms with Crippen LogP contribution in [0.1, 0.15) is 12.0 Å². The maximum Gasteiger partial charge on any atom is 0.314 e. The van der Waals surface area contributed by atoms with Gasteiger partial charge >= 0.3 is 5.97 Å². The molecule has 0 spiro atoms. The van der Waals surface area contributed by atoms with E-state index in [-0.39, 0.29) is 12.0 Å². The quantitative estimate of drug-likeness (QED) is 0.795. The molecule has 0 heterocycles. The second-order valence-electron chi connectivity index (χ2n) is 3.85. The van der Waals surface area contributed by atoms with E-state index >= 15 is 0 Å². The van der Waals surface area contributed by atoms with Gasteiger partial charge in [0, 0.05) is 11.5 Å². The molecule has 0 amide bonds. The van der Waals surface area contributed by atoms with Crippen LogP contribution >= 0.6 is 0 Å². The Bertz CT molecular complexity index is 472. The third-order valence-corrected chi connectivity index (χ3v) is 2.97. The zero-order valence-electron chi connectivity index (χ0n) is 8.11. The average molecular weight is 226 g/mol. The summed E-state index contributed by atoms with van der Waals surface area (Å²) in [5, 5.41) is 9.03. The van der Waals surface area contributed by atoms with Crippen molar-refractivity contribution in [3.8, 4) is 0 Å². The summed E-state index contributed by atoms with van der Waals surface area (Å²) in [4.78, 5) is 21.6. The predicted octanol–water partition coefficient (Wildman–Crippen LogP) is 1.51. The molecule has 84 valence electrons. The first-order chi connectivity index (χ1) is 7.52. The van der Waals surface area contributed by atoms with Gasteiger partial charge < -0.3 is 9.90 Å². The zero-order valence-corrected chi connectivity index (χ0v) is 8.11. The minimum atomic E-state index is -1.58. The first-order valence-corrected chi connectivity index (χ1v) is 4.66. The zero-order chi connectivity index (χ0) is 11.9. The Balaban J connectivity index is 2.54. The first kappa shape index (κ1) is 10.7. The number of carbonyl (C=O) groups excluding carboxylic acids is 1. The fourth-order valence-corrected chi connectivity index (χ4v) is 1.96. The molecule has 0 bridgehead atoms. The molecule has 2 atom stereocenters. The van der Waals surface area contributed by atoms with E-state index in [1.807, 2.05) is 0 Å². The minimum Gasteiger partial charge on any atom is -0.481 e. The number of aliphatic carboxylic acids is 1. The van der Waals surface area contributed by atoms with E-state index in [1.54, 1.807) is 0 Å². The van der Waals surface area contributed by atoms with Crippen LogP contribution in [0, 0.1) is 17.6 Å². The van der Waals surface area contributed by atoms with Crippen molar-refractivity contribution in [1.82, 2.24) is 0 Å². The Morgan fingerprint density at radius 3 is 2.69 bits per heavy atom. The number of carboxylic acids is 1. The molecule has 1 N–H and O–H groups in total. The third-order valence-electron chi connectivity index (χ3n) is 2.97. The number of rotatable bonds is 3. The molecule has 1 fully saturated rings. The molecule has 1 aliphatic carbocycles. The number of carbonyl (C=O) groups is 2. The van der Waals surface area contributed by atoms with Gasteiger partial charge in [0.1, 0.15) is 23.3 Å². The molecular weight excluding hydrogens is 218 g/mol. The average Bonchev–Trinajstić information content (AvgIpc) is 2.97. The molecule has 1 aromatic carbocycles. The Kier molecular flexibility index (Phi) is 2.26. The lowest BCUT2D eigenvalue weighted by molar-refractivity contribution is -0.141. The van der Waals surface area contributed by atoms with E-state index in [0.717, 1.165) is 18.2 Å². The molecule has 0 aliphatic heterocycles.